The van der Waals surface area contributed by atoms with E-state index in [9.17, 15) is 0 Å². The van der Waals surface area contributed by atoms with E-state index in [4.69, 9.17) is 0 Å². The van der Waals surface area contributed by atoms with Crippen LogP contribution in [0.1, 0.15) is 86.5 Å². The van der Waals surface area contributed by atoms with Gasteiger partial charge in [-0.2, -0.15) is 0 Å². The molecular formula is C41H54N2P2Si. The molecule has 11 rings (SSSR count). The fourth-order valence-corrected chi connectivity index (χ4v) is 19.1. The monoisotopic (exact) mass is 664 g/mol. The standard InChI is InChI=1S/C41H54N2P2Si/c1-46(2,3)37-9-8-30(38(22-37)41(44,35-6-4-10-42-23-35)36-7-5-11-43-24-36)25-45(39-31-14-26-12-27(16-31)17-32(39)15-26)40-33-18-28-13-29(20-33)21-34(40)19-28/h4-11,22-24,26-29,31-34,39-40H,12-21,25,44H2,1-3H3. The predicted octanol–water partition coefficient (Wildman–Crippen LogP) is 9.82. The molecule has 8 aliphatic rings. The maximum Gasteiger partial charge on any atom is 0.0776 e. The van der Waals surface area contributed by atoms with Crippen LogP contribution < -0.4 is 5.19 Å². The van der Waals surface area contributed by atoms with Crippen molar-refractivity contribution in [1.29, 1.82) is 0 Å². The van der Waals surface area contributed by atoms with Crippen molar-refractivity contribution in [2.24, 2.45) is 47.3 Å². The zero-order valence-electron chi connectivity index (χ0n) is 28.3. The van der Waals surface area contributed by atoms with E-state index in [1.54, 1.807) is 75.0 Å². The molecule has 0 N–H and O–H groups in total. The van der Waals surface area contributed by atoms with Crippen molar-refractivity contribution in [1.82, 2.24) is 9.97 Å². The molecule has 0 aliphatic heterocycles. The van der Waals surface area contributed by atoms with Gasteiger partial charge >= 0.3 is 0 Å². The minimum Gasteiger partial charge on any atom is -0.264 e. The molecule has 46 heavy (non-hydrogen) atoms. The smallest absolute Gasteiger partial charge is 0.0776 e. The molecule has 0 radical (unpaired) electrons. The highest BCUT2D eigenvalue weighted by molar-refractivity contribution is 7.58. The highest BCUT2D eigenvalue weighted by Gasteiger charge is 2.57. The second-order valence-electron chi connectivity index (χ2n) is 17.9. The summed E-state index contributed by atoms with van der Waals surface area (Å²) in [5.74, 6) is 8.27. The van der Waals surface area contributed by atoms with Crippen LogP contribution in [0.15, 0.2) is 67.3 Å². The molecule has 2 nitrogen and oxygen atoms in total. The summed E-state index contributed by atoms with van der Waals surface area (Å²) in [5.41, 5.74) is 7.68. The highest BCUT2D eigenvalue weighted by atomic mass is 31.1. The second-order valence-corrected chi connectivity index (χ2v) is 26.4. The van der Waals surface area contributed by atoms with Crippen LogP contribution in [0.3, 0.4) is 0 Å². The minimum absolute atomic E-state index is 0.105. The van der Waals surface area contributed by atoms with Gasteiger partial charge in [-0.1, -0.05) is 63.1 Å². The lowest BCUT2D eigenvalue weighted by Gasteiger charge is -2.62. The topological polar surface area (TPSA) is 25.8 Å². The molecule has 1 aromatic carbocycles. The second kappa shape index (κ2) is 11.6. The number of aromatic nitrogens is 2. The van der Waals surface area contributed by atoms with E-state index in [1.807, 2.05) is 12.4 Å². The van der Waals surface area contributed by atoms with Crippen LogP contribution in [0.5, 0.6) is 0 Å². The Kier molecular flexibility index (Phi) is 7.72. The fourth-order valence-electron chi connectivity index (χ4n) is 12.7. The van der Waals surface area contributed by atoms with Gasteiger partial charge in [0.25, 0.3) is 0 Å². The lowest BCUT2D eigenvalue weighted by atomic mass is 9.55. The van der Waals surface area contributed by atoms with E-state index in [0.717, 1.165) is 58.7 Å². The van der Waals surface area contributed by atoms with Crippen molar-refractivity contribution in [3.8, 4) is 0 Å². The number of hydrogen-bond donors (Lipinski definition) is 0. The van der Waals surface area contributed by atoms with E-state index >= 15 is 0 Å². The van der Waals surface area contributed by atoms with Crippen LogP contribution in [0.2, 0.25) is 19.6 Å². The van der Waals surface area contributed by atoms with Crippen LogP contribution in [0.4, 0.5) is 0 Å². The Labute approximate surface area is 282 Å². The molecule has 0 saturated heterocycles. The molecule has 0 amide bonds. The highest BCUT2D eigenvalue weighted by Crippen LogP contribution is 2.72. The Morgan fingerprint density at radius 1 is 0.674 bits per heavy atom. The van der Waals surface area contributed by atoms with E-state index < -0.39 is 8.07 Å². The SMILES string of the molecule is C[Si](C)(C)c1ccc(CP(C2C3CC4CC(C3)CC2C4)C2C3CC4CC(C3)CC2C4)c(C(P)(c2cccnc2)c2cccnc2)c1. The largest absolute Gasteiger partial charge is 0.264 e. The molecule has 8 bridgehead atoms. The first-order chi connectivity index (χ1) is 22.2. The average Bonchev–Trinajstić information content (AvgIpc) is 3.04. The maximum atomic E-state index is 4.69. The van der Waals surface area contributed by atoms with Crippen molar-refractivity contribution in [3.05, 3.63) is 89.5 Å². The fraction of sp³-hybridized carbons (Fsp3) is 0.610. The lowest BCUT2D eigenvalue weighted by Crippen LogP contribution is -2.52. The third kappa shape index (κ3) is 5.15. The maximum absolute atomic E-state index is 4.69. The lowest BCUT2D eigenvalue weighted by molar-refractivity contribution is 0.0129. The Morgan fingerprint density at radius 2 is 1.13 bits per heavy atom. The van der Waals surface area contributed by atoms with Crippen LogP contribution in [0, 0.1) is 47.3 Å². The summed E-state index contributed by atoms with van der Waals surface area (Å²) in [6, 6.07) is 16.7. The van der Waals surface area contributed by atoms with Crippen molar-refractivity contribution < 1.29 is 0 Å². The summed E-state index contributed by atoms with van der Waals surface area (Å²) < 4.78 is 0. The van der Waals surface area contributed by atoms with Gasteiger partial charge in [0, 0.05) is 24.8 Å². The first kappa shape index (κ1) is 30.6. The molecule has 5 heteroatoms. The zero-order chi connectivity index (χ0) is 31.2. The van der Waals surface area contributed by atoms with E-state index in [0.29, 0.717) is 0 Å². The molecule has 1 unspecified atom stereocenters. The third-order valence-corrected chi connectivity index (χ3v) is 21.1. The van der Waals surface area contributed by atoms with Gasteiger partial charge in [0.05, 0.1) is 13.2 Å². The first-order valence-electron chi connectivity index (χ1n) is 18.7. The van der Waals surface area contributed by atoms with Crippen LogP contribution in [-0.2, 0) is 11.3 Å². The van der Waals surface area contributed by atoms with Gasteiger partial charge in [0.1, 0.15) is 0 Å². The van der Waals surface area contributed by atoms with Crippen LogP contribution >= 0.6 is 17.2 Å². The number of hydrogen-bond acceptors (Lipinski definition) is 2. The molecule has 2 heterocycles. The molecule has 8 fully saturated rings. The van der Waals surface area contributed by atoms with Crippen molar-refractivity contribution in [2.45, 2.75) is 106 Å². The first-order valence-corrected chi connectivity index (χ1v) is 24.5. The molecule has 0 spiro atoms. The Morgan fingerprint density at radius 3 is 1.52 bits per heavy atom. The molecule has 2 aromatic heterocycles. The minimum atomic E-state index is -1.55. The van der Waals surface area contributed by atoms with Gasteiger partial charge in [-0.3, -0.25) is 9.97 Å². The molecule has 242 valence electrons. The van der Waals surface area contributed by atoms with E-state index in [-0.39, 0.29) is 13.1 Å². The zero-order valence-corrected chi connectivity index (χ0v) is 31.4. The molecule has 1 atom stereocenters. The summed E-state index contributed by atoms with van der Waals surface area (Å²) in [4.78, 5) is 9.38. The van der Waals surface area contributed by atoms with Gasteiger partial charge in [0.2, 0.25) is 0 Å². The van der Waals surface area contributed by atoms with Gasteiger partial charge < -0.3 is 0 Å². The number of nitrogens with zero attached hydrogens (tertiary/aromatic N) is 2. The summed E-state index contributed by atoms with van der Waals surface area (Å²) in [6.45, 7) is 7.54. The number of rotatable bonds is 8. The summed E-state index contributed by atoms with van der Waals surface area (Å²) in [5, 5.41) is 1.20. The summed E-state index contributed by atoms with van der Waals surface area (Å²) in [7, 11) is 1.73. The van der Waals surface area contributed by atoms with Gasteiger partial charge in [-0.25, -0.2) is 0 Å². The summed E-state index contributed by atoms with van der Waals surface area (Å²) in [6.07, 6.45) is 25.0. The van der Waals surface area contributed by atoms with Crippen molar-refractivity contribution in [2.75, 3.05) is 0 Å². The average molecular weight is 665 g/mol. The van der Waals surface area contributed by atoms with Gasteiger partial charge in [-0.05, 0) is 163 Å². The Hall–Kier alpha value is -1.40. The predicted molar refractivity (Wildman–Crippen MR) is 200 cm³/mol. The molecule has 8 aliphatic carbocycles. The third-order valence-electron chi connectivity index (χ3n) is 14.1. The number of benzene rings is 1. The quantitative estimate of drug-likeness (QED) is 0.177. The Balaban J connectivity index is 1.20. The normalized spacial score (nSPS) is 36.7. The van der Waals surface area contributed by atoms with E-state index in [1.165, 1.54) is 22.9 Å². The van der Waals surface area contributed by atoms with Crippen molar-refractivity contribution >= 4 is 30.4 Å². The molecular weight excluding hydrogens is 610 g/mol. The Bertz CT molecular complexity index is 1430. The van der Waals surface area contributed by atoms with E-state index in [2.05, 4.69) is 93.7 Å². The van der Waals surface area contributed by atoms with Crippen molar-refractivity contribution in [3.63, 3.8) is 0 Å². The molecule has 3 aromatic rings. The van der Waals surface area contributed by atoms with Crippen LogP contribution in [0.25, 0.3) is 0 Å². The summed E-state index contributed by atoms with van der Waals surface area (Å²) >= 11 is 0. The van der Waals surface area contributed by atoms with Gasteiger partial charge in [0.15, 0.2) is 0 Å². The number of pyridine rings is 2. The van der Waals surface area contributed by atoms with Gasteiger partial charge in [-0.15, -0.1) is 9.24 Å². The molecule has 8 saturated carbocycles. The van der Waals surface area contributed by atoms with Crippen LogP contribution in [-0.4, -0.2) is 29.4 Å².